The summed E-state index contributed by atoms with van der Waals surface area (Å²) in [6.45, 7) is 0.907. The topological polar surface area (TPSA) is 58.1 Å². The van der Waals surface area contributed by atoms with Gasteiger partial charge in [0.05, 0.1) is 0 Å². The van der Waals surface area contributed by atoms with Gasteiger partial charge in [0.25, 0.3) is 5.91 Å². The van der Waals surface area contributed by atoms with Crippen molar-refractivity contribution >= 4 is 23.5 Å². The van der Waals surface area contributed by atoms with E-state index in [-0.39, 0.29) is 5.91 Å². The molecule has 116 valence electrons. The number of nitrogens with zero attached hydrogens (tertiary/aromatic N) is 3. The van der Waals surface area contributed by atoms with Gasteiger partial charge in [-0.05, 0) is 31.2 Å². The fourth-order valence-corrected chi connectivity index (χ4v) is 3.58. The molecule has 1 aromatic heterocycles. The summed E-state index contributed by atoms with van der Waals surface area (Å²) in [5, 5.41) is 11.5. The zero-order chi connectivity index (χ0) is 15.3. The van der Waals surface area contributed by atoms with E-state index >= 15 is 0 Å². The molecule has 0 aromatic carbocycles. The van der Waals surface area contributed by atoms with Gasteiger partial charge in [0.2, 0.25) is 0 Å². The Labute approximate surface area is 130 Å². The first-order valence-electron chi connectivity index (χ1n) is 7.41. The van der Waals surface area contributed by atoms with Crippen LogP contribution >= 0.6 is 11.8 Å². The molecule has 21 heavy (non-hydrogen) atoms. The highest BCUT2D eigenvalue weighted by Crippen LogP contribution is 2.38. The zero-order valence-electron chi connectivity index (χ0n) is 13.1. The van der Waals surface area contributed by atoms with Gasteiger partial charge in [-0.15, -0.1) is 10.2 Å². The molecule has 0 radical (unpaired) electrons. The molecule has 1 aliphatic rings. The lowest BCUT2D eigenvalue weighted by Gasteiger charge is -2.35. The van der Waals surface area contributed by atoms with Crippen molar-refractivity contribution in [1.82, 2.24) is 15.1 Å². The van der Waals surface area contributed by atoms with Crippen LogP contribution in [0.15, 0.2) is 12.1 Å². The van der Waals surface area contributed by atoms with Crippen molar-refractivity contribution < 1.29 is 4.79 Å². The molecular weight excluding hydrogens is 284 g/mol. The summed E-state index contributed by atoms with van der Waals surface area (Å²) in [6, 6.07) is 3.56. The van der Waals surface area contributed by atoms with Crippen LogP contribution in [-0.2, 0) is 0 Å². The lowest BCUT2D eigenvalue weighted by Crippen LogP contribution is -2.35. The monoisotopic (exact) mass is 308 g/mol. The molecule has 1 fully saturated rings. The highest BCUT2D eigenvalue weighted by atomic mass is 32.2. The lowest BCUT2D eigenvalue weighted by atomic mass is 9.88. The van der Waals surface area contributed by atoms with E-state index in [2.05, 4.69) is 21.8 Å². The van der Waals surface area contributed by atoms with Crippen molar-refractivity contribution in [3.05, 3.63) is 17.8 Å². The van der Waals surface area contributed by atoms with E-state index in [1.54, 1.807) is 20.2 Å². The molecule has 0 saturated heterocycles. The van der Waals surface area contributed by atoms with Gasteiger partial charge < -0.3 is 10.2 Å². The van der Waals surface area contributed by atoms with E-state index in [0.717, 1.165) is 12.4 Å². The standard InChI is InChI=1S/C15H24N4OS/c1-19(2)14(20)12-7-8-13(18-17-12)16-11-15(21-3)9-5-4-6-10-15/h7-8H,4-6,9-11H2,1-3H3,(H,16,18). The number of rotatable bonds is 5. The maximum atomic E-state index is 11.8. The Morgan fingerprint density at radius 1 is 1.29 bits per heavy atom. The molecule has 1 aliphatic carbocycles. The molecule has 1 aromatic rings. The number of carbonyl (C=O) groups excluding carboxylic acids is 1. The fraction of sp³-hybridized carbons (Fsp3) is 0.667. The van der Waals surface area contributed by atoms with E-state index in [1.807, 2.05) is 17.8 Å². The summed E-state index contributed by atoms with van der Waals surface area (Å²) >= 11 is 1.95. The Bertz CT molecular complexity index is 469. The third-order valence-electron chi connectivity index (χ3n) is 4.08. The van der Waals surface area contributed by atoms with Crippen molar-refractivity contribution in [1.29, 1.82) is 0 Å². The van der Waals surface area contributed by atoms with Gasteiger partial charge in [-0.3, -0.25) is 4.79 Å². The molecule has 2 rings (SSSR count). The summed E-state index contributed by atoms with van der Waals surface area (Å²) in [4.78, 5) is 13.3. The second-order valence-electron chi connectivity index (χ2n) is 5.80. The predicted molar refractivity (Wildman–Crippen MR) is 87.9 cm³/mol. The molecule has 0 bridgehead atoms. The highest BCUT2D eigenvalue weighted by Gasteiger charge is 2.30. The van der Waals surface area contributed by atoms with Crippen molar-refractivity contribution in [2.75, 3.05) is 32.2 Å². The van der Waals surface area contributed by atoms with Gasteiger partial charge in [0, 0.05) is 25.4 Å². The molecule has 1 N–H and O–H groups in total. The van der Waals surface area contributed by atoms with Crippen molar-refractivity contribution in [2.24, 2.45) is 0 Å². The summed E-state index contributed by atoms with van der Waals surface area (Å²) in [5.74, 6) is 0.617. The first-order valence-corrected chi connectivity index (χ1v) is 8.63. The molecule has 0 spiro atoms. The molecule has 0 atom stereocenters. The van der Waals surface area contributed by atoms with Crippen molar-refractivity contribution in [2.45, 2.75) is 36.9 Å². The van der Waals surface area contributed by atoms with E-state index in [0.29, 0.717) is 10.4 Å². The SMILES string of the molecule is CSC1(CNc2ccc(C(=O)N(C)C)nn2)CCCCC1. The Morgan fingerprint density at radius 2 is 2.00 bits per heavy atom. The number of hydrogen-bond acceptors (Lipinski definition) is 5. The van der Waals surface area contributed by atoms with E-state index in [4.69, 9.17) is 0 Å². The lowest BCUT2D eigenvalue weighted by molar-refractivity contribution is 0.0821. The summed E-state index contributed by atoms with van der Waals surface area (Å²) in [6.07, 6.45) is 8.67. The van der Waals surface area contributed by atoms with E-state index in [9.17, 15) is 4.79 Å². The summed E-state index contributed by atoms with van der Waals surface area (Å²) < 4.78 is 0.318. The Kier molecular flexibility index (Phi) is 5.45. The first-order chi connectivity index (χ1) is 10.1. The Morgan fingerprint density at radius 3 is 2.52 bits per heavy atom. The zero-order valence-corrected chi connectivity index (χ0v) is 13.9. The number of hydrogen-bond donors (Lipinski definition) is 1. The van der Waals surface area contributed by atoms with Gasteiger partial charge in [-0.1, -0.05) is 19.3 Å². The molecule has 6 heteroatoms. The van der Waals surface area contributed by atoms with Crippen molar-refractivity contribution in [3.8, 4) is 0 Å². The first kappa shape index (κ1) is 16.1. The van der Waals surface area contributed by atoms with Gasteiger partial charge in [-0.2, -0.15) is 11.8 Å². The average Bonchev–Trinajstić information content (AvgIpc) is 2.53. The van der Waals surface area contributed by atoms with Crippen LogP contribution in [0, 0.1) is 0 Å². The van der Waals surface area contributed by atoms with E-state index < -0.39 is 0 Å². The van der Waals surface area contributed by atoms with Crippen LogP contribution in [0.25, 0.3) is 0 Å². The summed E-state index contributed by atoms with van der Waals surface area (Å²) in [5.41, 5.74) is 0.378. The maximum Gasteiger partial charge on any atom is 0.273 e. The normalized spacial score (nSPS) is 17.3. The minimum atomic E-state index is -0.123. The fourth-order valence-electron chi connectivity index (χ4n) is 2.67. The van der Waals surface area contributed by atoms with Crippen LogP contribution in [0.5, 0.6) is 0 Å². The summed E-state index contributed by atoms with van der Waals surface area (Å²) in [7, 11) is 3.42. The highest BCUT2D eigenvalue weighted by molar-refractivity contribution is 8.00. The van der Waals surface area contributed by atoms with Crippen LogP contribution in [0.4, 0.5) is 5.82 Å². The molecule has 1 amide bonds. The number of aromatic nitrogens is 2. The van der Waals surface area contributed by atoms with Gasteiger partial charge >= 0.3 is 0 Å². The molecule has 0 unspecified atom stereocenters. The number of carbonyl (C=O) groups is 1. The molecule has 1 heterocycles. The molecular formula is C15H24N4OS. The minimum Gasteiger partial charge on any atom is -0.367 e. The molecule has 0 aliphatic heterocycles. The largest absolute Gasteiger partial charge is 0.367 e. The second kappa shape index (κ2) is 7.11. The Hall–Kier alpha value is -1.30. The van der Waals surface area contributed by atoms with Crippen LogP contribution in [0.1, 0.15) is 42.6 Å². The van der Waals surface area contributed by atoms with Crippen molar-refractivity contribution in [3.63, 3.8) is 0 Å². The van der Waals surface area contributed by atoms with Gasteiger partial charge in [-0.25, -0.2) is 0 Å². The second-order valence-corrected chi connectivity index (χ2v) is 7.08. The van der Waals surface area contributed by atoms with Crippen LogP contribution < -0.4 is 5.32 Å². The number of thioether (sulfide) groups is 1. The third kappa shape index (κ3) is 4.09. The Balaban J connectivity index is 1.95. The van der Waals surface area contributed by atoms with Gasteiger partial charge in [0.1, 0.15) is 5.82 Å². The van der Waals surface area contributed by atoms with E-state index in [1.165, 1.54) is 37.0 Å². The third-order valence-corrected chi connectivity index (χ3v) is 5.50. The smallest absolute Gasteiger partial charge is 0.273 e. The number of nitrogens with one attached hydrogen (secondary N) is 1. The number of amides is 1. The van der Waals surface area contributed by atoms with Crippen LogP contribution in [-0.4, -0.2) is 52.6 Å². The number of anilines is 1. The minimum absolute atomic E-state index is 0.123. The predicted octanol–water partition coefficient (Wildman–Crippen LogP) is 2.66. The maximum absolute atomic E-state index is 11.8. The molecule has 5 nitrogen and oxygen atoms in total. The average molecular weight is 308 g/mol. The quantitative estimate of drug-likeness (QED) is 0.906. The molecule has 1 saturated carbocycles. The van der Waals surface area contributed by atoms with Crippen LogP contribution in [0.2, 0.25) is 0 Å². The van der Waals surface area contributed by atoms with Gasteiger partial charge in [0.15, 0.2) is 5.69 Å². The van der Waals surface area contributed by atoms with Crippen LogP contribution in [0.3, 0.4) is 0 Å².